The number of hydrogen-bond donors (Lipinski definition) is 4. The van der Waals surface area contributed by atoms with Crippen LogP contribution in [0.2, 0.25) is 0 Å². The summed E-state index contributed by atoms with van der Waals surface area (Å²) in [4.78, 5) is 46.1. The SMILES string of the molecule is CCCCC/C=C\C/C=C\CCCCCCCCCCCCCC(=O)NC(COP(=O)(O)OCC(O)COC(=O)CCCCCCCCC/C=C\CCCCCCCCC)C(=O)O. The monoisotopic (exact) mass is 912 g/mol. The van der Waals surface area contributed by atoms with Gasteiger partial charge in [0.15, 0.2) is 6.04 Å². The molecule has 3 atom stereocenters. The third kappa shape index (κ3) is 46.0. The Labute approximate surface area is 384 Å². The number of carbonyl (C=O) groups is 3. The molecule has 0 aliphatic heterocycles. The van der Waals surface area contributed by atoms with Crippen LogP contribution in [0.4, 0.5) is 0 Å². The van der Waals surface area contributed by atoms with E-state index in [4.69, 9.17) is 13.8 Å². The summed E-state index contributed by atoms with van der Waals surface area (Å²) < 4.78 is 26.9. The van der Waals surface area contributed by atoms with Gasteiger partial charge in [0.2, 0.25) is 5.91 Å². The highest BCUT2D eigenvalue weighted by Gasteiger charge is 2.28. The highest BCUT2D eigenvalue weighted by molar-refractivity contribution is 7.47. The Bertz CT molecular complexity index is 1210. The van der Waals surface area contributed by atoms with Gasteiger partial charge >= 0.3 is 19.8 Å². The van der Waals surface area contributed by atoms with E-state index >= 15 is 0 Å². The van der Waals surface area contributed by atoms with E-state index in [-0.39, 0.29) is 12.8 Å². The Morgan fingerprint density at radius 1 is 0.508 bits per heavy atom. The summed E-state index contributed by atoms with van der Waals surface area (Å²) in [7, 11) is -4.76. The number of rotatable bonds is 48. The van der Waals surface area contributed by atoms with Crippen molar-refractivity contribution >= 4 is 25.7 Å². The van der Waals surface area contributed by atoms with Gasteiger partial charge in [-0.25, -0.2) is 9.36 Å². The van der Waals surface area contributed by atoms with Gasteiger partial charge in [0, 0.05) is 12.8 Å². The molecule has 0 fully saturated rings. The van der Waals surface area contributed by atoms with Crippen LogP contribution in [0.5, 0.6) is 0 Å². The van der Waals surface area contributed by atoms with Gasteiger partial charge < -0.3 is 25.2 Å². The van der Waals surface area contributed by atoms with Crippen molar-refractivity contribution < 1.29 is 47.8 Å². The number of amides is 1. The Morgan fingerprint density at radius 2 is 0.873 bits per heavy atom. The normalized spacial score (nSPS) is 13.8. The number of ether oxygens (including phenoxy) is 1. The number of esters is 1. The van der Waals surface area contributed by atoms with Crippen molar-refractivity contribution in [1.82, 2.24) is 5.32 Å². The average molecular weight is 912 g/mol. The molecule has 0 aromatic rings. The van der Waals surface area contributed by atoms with E-state index in [0.717, 1.165) is 51.4 Å². The molecule has 0 radical (unpaired) electrons. The van der Waals surface area contributed by atoms with E-state index in [1.807, 2.05) is 0 Å². The standard InChI is InChI=1S/C51H94NO10P/c1-3-5-7-9-11-13-15-17-19-21-23-24-25-26-28-30-32-34-36-38-40-42-49(54)52-48(51(56)57)46-62-63(58,59)61-45-47(53)44-60-50(55)43-41-39-37-35-33-31-29-27-22-20-18-16-14-12-10-8-6-4-2/h11,13,17,19-20,22,47-48,53H,3-10,12,14-16,18,21,23-46H2,1-2H3,(H,52,54)(H,56,57)(H,58,59)/b13-11-,19-17-,22-20-. The van der Waals surface area contributed by atoms with Gasteiger partial charge in [-0.3, -0.25) is 18.6 Å². The maximum absolute atomic E-state index is 12.4. The van der Waals surface area contributed by atoms with Crippen LogP contribution >= 0.6 is 7.82 Å². The molecule has 0 spiro atoms. The first-order valence-corrected chi connectivity index (χ1v) is 27.0. The molecule has 0 saturated carbocycles. The molecule has 0 aromatic heterocycles. The number of phosphoric ester groups is 1. The molecular formula is C51H94NO10P. The van der Waals surface area contributed by atoms with Crippen molar-refractivity contribution in [2.45, 2.75) is 251 Å². The van der Waals surface area contributed by atoms with Gasteiger partial charge in [-0.1, -0.05) is 192 Å². The fourth-order valence-electron chi connectivity index (χ4n) is 7.16. The topological polar surface area (TPSA) is 169 Å². The highest BCUT2D eigenvalue weighted by atomic mass is 31.2. The maximum Gasteiger partial charge on any atom is 0.472 e. The van der Waals surface area contributed by atoms with Crippen molar-refractivity contribution in [3.8, 4) is 0 Å². The quantitative estimate of drug-likeness (QED) is 0.0199. The van der Waals surface area contributed by atoms with Crippen LogP contribution in [0, 0.1) is 0 Å². The van der Waals surface area contributed by atoms with Gasteiger partial charge in [0.1, 0.15) is 12.7 Å². The maximum atomic E-state index is 12.4. The second kappa shape index (κ2) is 46.2. The number of aliphatic hydroxyl groups is 1. The predicted octanol–water partition coefficient (Wildman–Crippen LogP) is 14.0. The summed E-state index contributed by atoms with van der Waals surface area (Å²) in [5.74, 6) is -2.37. The van der Waals surface area contributed by atoms with Crippen LogP contribution in [0.15, 0.2) is 36.5 Å². The van der Waals surface area contributed by atoms with Crippen LogP contribution in [-0.2, 0) is 32.7 Å². The number of unbranched alkanes of at least 4 members (excludes halogenated alkanes) is 28. The zero-order valence-corrected chi connectivity index (χ0v) is 41.0. The number of nitrogens with one attached hydrogen (secondary N) is 1. The lowest BCUT2D eigenvalue weighted by Crippen LogP contribution is -2.43. The summed E-state index contributed by atoms with van der Waals surface area (Å²) in [6.07, 6.45) is 51.6. The molecule has 11 nitrogen and oxygen atoms in total. The molecule has 0 aliphatic rings. The van der Waals surface area contributed by atoms with E-state index < -0.39 is 57.6 Å². The molecule has 0 bridgehead atoms. The Kier molecular flexibility index (Phi) is 44.5. The van der Waals surface area contributed by atoms with Crippen LogP contribution in [0.25, 0.3) is 0 Å². The van der Waals surface area contributed by atoms with Crippen LogP contribution in [0.1, 0.15) is 239 Å². The molecular weight excluding hydrogens is 818 g/mol. The van der Waals surface area contributed by atoms with E-state index in [2.05, 4.69) is 55.6 Å². The largest absolute Gasteiger partial charge is 0.480 e. The molecule has 1 amide bonds. The van der Waals surface area contributed by atoms with Crippen molar-refractivity contribution in [1.29, 1.82) is 0 Å². The summed E-state index contributed by atoms with van der Waals surface area (Å²) in [6, 6.07) is -1.55. The molecule has 368 valence electrons. The molecule has 0 rings (SSSR count). The molecule has 12 heteroatoms. The van der Waals surface area contributed by atoms with Gasteiger partial charge in [0.05, 0.1) is 13.2 Å². The minimum atomic E-state index is -4.76. The van der Waals surface area contributed by atoms with Crippen LogP contribution in [0.3, 0.4) is 0 Å². The number of aliphatic carboxylic acids is 1. The summed E-state index contributed by atoms with van der Waals surface area (Å²) in [6.45, 7) is 2.59. The number of carboxylic acids is 1. The molecule has 63 heavy (non-hydrogen) atoms. The van der Waals surface area contributed by atoms with Crippen molar-refractivity contribution in [3.63, 3.8) is 0 Å². The first-order valence-electron chi connectivity index (χ1n) is 25.5. The lowest BCUT2D eigenvalue weighted by molar-refractivity contribution is -0.147. The zero-order chi connectivity index (χ0) is 46.3. The Balaban J connectivity index is 3.83. The van der Waals surface area contributed by atoms with E-state index in [1.54, 1.807) is 0 Å². The number of phosphoric acid groups is 1. The Morgan fingerprint density at radius 3 is 1.33 bits per heavy atom. The zero-order valence-electron chi connectivity index (χ0n) is 40.1. The number of carbonyl (C=O) groups excluding carboxylic acids is 2. The molecule has 4 N–H and O–H groups in total. The molecule has 0 aromatic carbocycles. The summed E-state index contributed by atoms with van der Waals surface area (Å²) in [5, 5.41) is 21.9. The van der Waals surface area contributed by atoms with Crippen LogP contribution in [-0.4, -0.2) is 64.9 Å². The molecule has 0 aliphatic carbocycles. The van der Waals surface area contributed by atoms with E-state index in [1.165, 1.54) is 148 Å². The minimum absolute atomic E-state index is 0.143. The average Bonchev–Trinajstić information content (AvgIpc) is 3.26. The van der Waals surface area contributed by atoms with Gasteiger partial charge in [-0.15, -0.1) is 0 Å². The highest BCUT2D eigenvalue weighted by Crippen LogP contribution is 2.43. The third-order valence-corrected chi connectivity index (χ3v) is 12.1. The number of carboxylic acid groups (broad SMARTS) is 1. The number of hydrogen-bond acceptors (Lipinski definition) is 8. The van der Waals surface area contributed by atoms with Crippen molar-refractivity contribution in [3.05, 3.63) is 36.5 Å². The van der Waals surface area contributed by atoms with Crippen molar-refractivity contribution in [2.75, 3.05) is 19.8 Å². The molecule has 3 unspecified atom stereocenters. The van der Waals surface area contributed by atoms with Crippen LogP contribution < -0.4 is 5.32 Å². The minimum Gasteiger partial charge on any atom is -0.480 e. The van der Waals surface area contributed by atoms with Gasteiger partial charge in [-0.2, -0.15) is 0 Å². The number of aliphatic hydroxyl groups excluding tert-OH is 1. The predicted molar refractivity (Wildman–Crippen MR) is 259 cm³/mol. The van der Waals surface area contributed by atoms with E-state index in [9.17, 15) is 34.1 Å². The van der Waals surface area contributed by atoms with Gasteiger partial charge in [0.25, 0.3) is 0 Å². The fraction of sp³-hybridized carbons (Fsp3) is 0.824. The summed E-state index contributed by atoms with van der Waals surface area (Å²) in [5.41, 5.74) is 0. The third-order valence-electron chi connectivity index (χ3n) is 11.2. The Hall–Kier alpha value is -2.30. The second-order valence-corrected chi connectivity index (χ2v) is 18.8. The van der Waals surface area contributed by atoms with Crippen molar-refractivity contribution in [2.24, 2.45) is 0 Å². The van der Waals surface area contributed by atoms with E-state index in [0.29, 0.717) is 12.8 Å². The number of allylic oxidation sites excluding steroid dienone is 6. The smallest absolute Gasteiger partial charge is 0.472 e. The first kappa shape index (κ1) is 60.7. The second-order valence-electron chi connectivity index (χ2n) is 17.4. The lowest BCUT2D eigenvalue weighted by Gasteiger charge is -2.18. The lowest BCUT2D eigenvalue weighted by atomic mass is 10.0. The molecule has 0 saturated heterocycles. The first-order chi connectivity index (χ1) is 30.6. The van der Waals surface area contributed by atoms with Gasteiger partial charge in [-0.05, 0) is 70.6 Å². The molecule has 0 heterocycles. The fourth-order valence-corrected chi connectivity index (χ4v) is 7.94. The summed E-state index contributed by atoms with van der Waals surface area (Å²) >= 11 is 0.